The Kier molecular flexibility index (Phi) is 4.86. The second kappa shape index (κ2) is 7.05. The second-order valence-electron chi connectivity index (χ2n) is 6.60. The van der Waals surface area contributed by atoms with Gasteiger partial charge in [0, 0.05) is 31.2 Å². The summed E-state index contributed by atoms with van der Waals surface area (Å²) in [5.41, 5.74) is 4.57. The molecule has 0 radical (unpaired) electrons. The molecule has 0 aromatic heterocycles. The summed E-state index contributed by atoms with van der Waals surface area (Å²) in [6.45, 7) is 6.65. The highest BCUT2D eigenvalue weighted by Gasteiger charge is 2.20. The highest BCUT2D eigenvalue weighted by atomic mass is 16.5. The molecule has 2 aromatic rings. The fraction of sp³-hybridized carbons (Fsp3) is 0.350. The lowest BCUT2D eigenvalue weighted by atomic mass is 10.1. The average Bonchev–Trinajstić information content (AvgIpc) is 2.96. The van der Waals surface area contributed by atoms with Gasteiger partial charge in [-0.05, 0) is 54.8 Å². The Morgan fingerprint density at radius 2 is 1.83 bits per heavy atom. The van der Waals surface area contributed by atoms with Gasteiger partial charge >= 0.3 is 0 Å². The molecule has 3 rings (SSSR count). The first kappa shape index (κ1) is 16.5. The van der Waals surface area contributed by atoms with Crippen LogP contribution < -0.4 is 10.1 Å². The summed E-state index contributed by atoms with van der Waals surface area (Å²) in [4.78, 5) is 14.5. The Morgan fingerprint density at radius 3 is 2.50 bits per heavy atom. The zero-order valence-electron chi connectivity index (χ0n) is 14.5. The van der Waals surface area contributed by atoms with E-state index < -0.39 is 0 Å². The van der Waals surface area contributed by atoms with Crippen LogP contribution in [-0.4, -0.2) is 24.0 Å². The van der Waals surface area contributed by atoms with E-state index in [-0.39, 0.29) is 11.9 Å². The number of nitrogens with zero attached hydrogens (tertiary/aromatic N) is 1. The van der Waals surface area contributed by atoms with E-state index in [1.807, 2.05) is 38.1 Å². The van der Waals surface area contributed by atoms with Gasteiger partial charge in [0.25, 0.3) is 5.91 Å². The predicted molar refractivity (Wildman–Crippen MR) is 95.0 cm³/mol. The van der Waals surface area contributed by atoms with E-state index in [2.05, 4.69) is 28.4 Å². The Bertz CT molecular complexity index is 723. The zero-order chi connectivity index (χ0) is 17.1. The first-order chi connectivity index (χ1) is 11.5. The van der Waals surface area contributed by atoms with Crippen LogP contribution in [0.5, 0.6) is 5.75 Å². The van der Waals surface area contributed by atoms with Crippen LogP contribution in [0, 0.1) is 0 Å². The molecule has 0 saturated carbocycles. The van der Waals surface area contributed by atoms with Gasteiger partial charge in [0.05, 0.1) is 7.11 Å². The van der Waals surface area contributed by atoms with Crippen LogP contribution in [0.1, 0.15) is 40.9 Å². The molecule has 0 bridgehead atoms. The van der Waals surface area contributed by atoms with E-state index in [4.69, 9.17) is 4.74 Å². The first-order valence-corrected chi connectivity index (χ1v) is 8.33. The van der Waals surface area contributed by atoms with E-state index in [0.717, 1.165) is 30.9 Å². The number of fused-ring (bicyclic) bond motifs is 1. The fourth-order valence-corrected chi connectivity index (χ4v) is 3.05. The monoisotopic (exact) mass is 324 g/mol. The summed E-state index contributed by atoms with van der Waals surface area (Å²) in [7, 11) is 1.68. The van der Waals surface area contributed by atoms with Crippen LogP contribution in [-0.2, 0) is 19.6 Å². The van der Waals surface area contributed by atoms with Crippen LogP contribution in [0.25, 0.3) is 0 Å². The number of hydrogen-bond donors (Lipinski definition) is 1. The number of nitrogens with one attached hydrogen (secondary N) is 1. The normalized spacial score (nSPS) is 13.8. The van der Waals surface area contributed by atoms with E-state index >= 15 is 0 Å². The molecule has 1 amide bonds. The summed E-state index contributed by atoms with van der Waals surface area (Å²) in [5, 5.41) is 2.95. The molecule has 1 N–H and O–H groups in total. The van der Waals surface area contributed by atoms with Gasteiger partial charge < -0.3 is 10.1 Å². The third kappa shape index (κ3) is 3.77. The van der Waals surface area contributed by atoms with Crippen LogP contribution in [0.3, 0.4) is 0 Å². The highest BCUT2D eigenvalue weighted by Crippen LogP contribution is 2.26. The molecule has 126 valence electrons. The Hall–Kier alpha value is -2.33. The maximum atomic E-state index is 12.2. The average molecular weight is 324 g/mol. The van der Waals surface area contributed by atoms with Crippen molar-refractivity contribution in [3.63, 3.8) is 0 Å². The quantitative estimate of drug-likeness (QED) is 0.917. The van der Waals surface area contributed by atoms with Crippen molar-refractivity contribution in [1.82, 2.24) is 10.2 Å². The van der Waals surface area contributed by atoms with Gasteiger partial charge in [-0.2, -0.15) is 0 Å². The summed E-state index contributed by atoms with van der Waals surface area (Å²) in [6, 6.07) is 14.4. The standard InChI is InChI=1S/C20H24N2O2/c1-14(2)21-20(23)16-6-7-17-12-22(13-18(17)10-16)11-15-4-8-19(24-3)9-5-15/h4-10,14H,11-13H2,1-3H3,(H,21,23). The predicted octanol–water partition coefficient (Wildman–Crippen LogP) is 3.35. The van der Waals surface area contributed by atoms with Crippen molar-refractivity contribution >= 4 is 5.91 Å². The molecule has 0 aliphatic carbocycles. The summed E-state index contributed by atoms with van der Waals surface area (Å²) >= 11 is 0. The van der Waals surface area contributed by atoms with E-state index in [9.17, 15) is 4.79 Å². The minimum Gasteiger partial charge on any atom is -0.497 e. The van der Waals surface area contributed by atoms with Crippen molar-refractivity contribution in [2.75, 3.05) is 7.11 Å². The largest absolute Gasteiger partial charge is 0.497 e. The first-order valence-electron chi connectivity index (χ1n) is 8.33. The van der Waals surface area contributed by atoms with Crippen molar-refractivity contribution in [2.24, 2.45) is 0 Å². The minimum absolute atomic E-state index is 0.00130. The summed E-state index contributed by atoms with van der Waals surface area (Å²) in [5.74, 6) is 0.880. The Labute approximate surface area is 143 Å². The number of benzene rings is 2. The number of hydrogen-bond acceptors (Lipinski definition) is 3. The number of ether oxygens (including phenoxy) is 1. The third-order valence-corrected chi connectivity index (χ3v) is 4.24. The number of carbonyl (C=O) groups is 1. The number of methoxy groups -OCH3 is 1. The molecule has 24 heavy (non-hydrogen) atoms. The van der Waals surface area contributed by atoms with Crippen LogP contribution in [0.15, 0.2) is 42.5 Å². The SMILES string of the molecule is COc1ccc(CN2Cc3ccc(C(=O)NC(C)C)cc3C2)cc1. The van der Waals surface area contributed by atoms with Gasteiger partial charge in [0.2, 0.25) is 0 Å². The molecule has 1 heterocycles. The Balaban J connectivity index is 1.66. The molecule has 0 unspecified atom stereocenters. The van der Waals surface area contributed by atoms with Gasteiger partial charge in [0.15, 0.2) is 0 Å². The molecule has 0 fully saturated rings. The van der Waals surface area contributed by atoms with Crippen LogP contribution in [0.2, 0.25) is 0 Å². The molecule has 1 aliphatic heterocycles. The second-order valence-corrected chi connectivity index (χ2v) is 6.60. The molecule has 2 aromatic carbocycles. The van der Waals surface area contributed by atoms with Gasteiger partial charge in [-0.1, -0.05) is 18.2 Å². The van der Waals surface area contributed by atoms with E-state index in [0.29, 0.717) is 0 Å². The molecule has 4 nitrogen and oxygen atoms in total. The van der Waals surface area contributed by atoms with Crippen molar-refractivity contribution in [1.29, 1.82) is 0 Å². The molecule has 0 atom stereocenters. The zero-order valence-corrected chi connectivity index (χ0v) is 14.5. The highest BCUT2D eigenvalue weighted by molar-refractivity contribution is 5.94. The van der Waals surface area contributed by atoms with Crippen molar-refractivity contribution in [3.8, 4) is 5.75 Å². The van der Waals surface area contributed by atoms with Crippen molar-refractivity contribution < 1.29 is 9.53 Å². The number of carbonyl (C=O) groups excluding carboxylic acids is 1. The molecule has 0 spiro atoms. The van der Waals surface area contributed by atoms with Crippen molar-refractivity contribution in [3.05, 3.63) is 64.7 Å². The maximum absolute atomic E-state index is 12.2. The van der Waals surface area contributed by atoms with E-state index in [1.165, 1.54) is 16.7 Å². The maximum Gasteiger partial charge on any atom is 0.251 e. The topological polar surface area (TPSA) is 41.6 Å². The molecule has 4 heteroatoms. The Morgan fingerprint density at radius 1 is 1.12 bits per heavy atom. The van der Waals surface area contributed by atoms with Gasteiger partial charge in [-0.3, -0.25) is 9.69 Å². The summed E-state index contributed by atoms with van der Waals surface area (Å²) < 4.78 is 5.20. The lowest BCUT2D eigenvalue weighted by molar-refractivity contribution is 0.0943. The number of rotatable bonds is 5. The molecular formula is C20H24N2O2. The fourth-order valence-electron chi connectivity index (χ4n) is 3.05. The van der Waals surface area contributed by atoms with Gasteiger partial charge in [-0.15, -0.1) is 0 Å². The third-order valence-electron chi connectivity index (χ3n) is 4.24. The summed E-state index contributed by atoms with van der Waals surface area (Å²) in [6.07, 6.45) is 0. The lowest BCUT2D eigenvalue weighted by Gasteiger charge is -2.15. The van der Waals surface area contributed by atoms with Crippen LogP contribution in [0.4, 0.5) is 0 Å². The lowest BCUT2D eigenvalue weighted by Crippen LogP contribution is -2.30. The molecule has 0 saturated heterocycles. The molecule has 1 aliphatic rings. The smallest absolute Gasteiger partial charge is 0.251 e. The van der Waals surface area contributed by atoms with Crippen molar-refractivity contribution in [2.45, 2.75) is 39.5 Å². The van der Waals surface area contributed by atoms with Gasteiger partial charge in [-0.25, -0.2) is 0 Å². The number of amides is 1. The minimum atomic E-state index is 0.00130. The molecular weight excluding hydrogens is 300 g/mol. The van der Waals surface area contributed by atoms with Gasteiger partial charge in [0.1, 0.15) is 5.75 Å². The van der Waals surface area contributed by atoms with Crippen LogP contribution >= 0.6 is 0 Å². The van der Waals surface area contributed by atoms with E-state index in [1.54, 1.807) is 7.11 Å².